The summed E-state index contributed by atoms with van der Waals surface area (Å²) in [6.07, 6.45) is 17.3. The molecule has 5 saturated carbocycles. The highest BCUT2D eigenvalue weighted by Crippen LogP contribution is 2.72. The fraction of sp³-hybridized carbons (Fsp3) is 0.900. The number of allylic oxidation sites excluding steroid dienone is 1. The standard InChI is InChI=1S/C26H44O.C3H6.CH2O2/c1-23(2)21-11-10-19-20(26(21,5)14-12-22(23)27)9-8-18-17-7-6-13-24(17,3)15-16-25(18,19)4;1-3-2;2-1-3/h17-22,27H,6-16H2,1-5H3;3H,1H2,2H3;1H,(H,2,3)/t17?,18?,19?,20?,21?,22?,24?,25-,26?;;/m1../s1. The van der Waals surface area contributed by atoms with Gasteiger partial charge in [-0.1, -0.05) is 47.1 Å². The zero-order valence-corrected chi connectivity index (χ0v) is 22.4. The summed E-state index contributed by atoms with van der Waals surface area (Å²) in [7, 11) is 0. The minimum atomic E-state index is -0.250. The molecule has 5 aliphatic carbocycles. The maximum atomic E-state index is 10.8. The second-order valence-corrected chi connectivity index (χ2v) is 13.6. The predicted octanol–water partition coefficient (Wildman–Crippen LogP) is 7.73. The number of rotatable bonds is 0. The molecule has 8 unspecified atom stereocenters. The first-order valence-corrected chi connectivity index (χ1v) is 13.8. The fourth-order valence-corrected chi connectivity index (χ4v) is 10.4. The molecule has 9 atom stereocenters. The third kappa shape index (κ3) is 4.23. The molecule has 0 saturated heterocycles. The third-order valence-corrected chi connectivity index (χ3v) is 12.0. The van der Waals surface area contributed by atoms with E-state index in [0.717, 1.165) is 36.0 Å². The number of fused-ring (bicyclic) bond motifs is 7. The summed E-state index contributed by atoms with van der Waals surface area (Å²) in [4.78, 5) is 8.36. The number of aliphatic hydroxyl groups excluding tert-OH is 1. The first-order valence-electron chi connectivity index (χ1n) is 13.8. The highest BCUT2D eigenvalue weighted by atomic mass is 16.3. The molecule has 5 rings (SSSR count). The van der Waals surface area contributed by atoms with Crippen LogP contribution in [0.4, 0.5) is 0 Å². The maximum absolute atomic E-state index is 10.8. The van der Waals surface area contributed by atoms with E-state index in [0.29, 0.717) is 16.2 Å². The Kier molecular flexibility index (Phi) is 7.84. The smallest absolute Gasteiger partial charge is 0.290 e. The minimum absolute atomic E-state index is 0.0899. The first-order chi connectivity index (χ1) is 15.5. The van der Waals surface area contributed by atoms with Crippen molar-refractivity contribution in [2.75, 3.05) is 0 Å². The monoisotopic (exact) mass is 460 g/mol. The van der Waals surface area contributed by atoms with E-state index in [1.54, 1.807) is 6.08 Å². The van der Waals surface area contributed by atoms with Crippen molar-refractivity contribution >= 4 is 6.47 Å². The highest BCUT2D eigenvalue weighted by molar-refractivity contribution is 5.32. The molecule has 0 aromatic rings. The van der Waals surface area contributed by atoms with E-state index >= 15 is 0 Å². The van der Waals surface area contributed by atoms with E-state index in [4.69, 9.17) is 9.90 Å². The summed E-state index contributed by atoms with van der Waals surface area (Å²) >= 11 is 0. The van der Waals surface area contributed by atoms with E-state index in [1.165, 1.54) is 64.2 Å². The molecule has 0 heterocycles. The van der Waals surface area contributed by atoms with Gasteiger partial charge >= 0.3 is 0 Å². The molecule has 3 nitrogen and oxygen atoms in total. The van der Waals surface area contributed by atoms with Gasteiger partial charge in [0.25, 0.3) is 6.47 Å². The SMILES string of the molecule is C=CC.CC12CCCC1C1CCC3C(CCC4C(C)(C)C(O)CCC34C)[C@]1(C)CC2.O=CO. The average molecular weight is 461 g/mol. The number of hydrogen-bond acceptors (Lipinski definition) is 2. The molecule has 0 aromatic heterocycles. The van der Waals surface area contributed by atoms with E-state index in [2.05, 4.69) is 41.2 Å². The normalized spacial score (nSPS) is 49.3. The highest BCUT2D eigenvalue weighted by Gasteiger charge is 2.65. The van der Waals surface area contributed by atoms with Gasteiger partial charge in [-0.15, -0.1) is 6.58 Å². The van der Waals surface area contributed by atoms with Crippen molar-refractivity contribution in [3.05, 3.63) is 12.7 Å². The van der Waals surface area contributed by atoms with Crippen LogP contribution in [0.1, 0.15) is 112 Å². The lowest BCUT2D eigenvalue weighted by Gasteiger charge is -2.68. The van der Waals surface area contributed by atoms with Crippen LogP contribution in [-0.2, 0) is 4.79 Å². The summed E-state index contributed by atoms with van der Waals surface area (Å²) in [5.74, 6) is 4.61. The van der Waals surface area contributed by atoms with Gasteiger partial charge in [-0.3, -0.25) is 4.79 Å². The zero-order chi connectivity index (χ0) is 24.7. The van der Waals surface area contributed by atoms with Gasteiger partial charge in [0, 0.05) is 0 Å². The van der Waals surface area contributed by atoms with Crippen LogP contribution in [0, 0.1) is 51.2 Å². The Morgan fingerprint density at radius 1 is 0.758 bits per heavy atom. The summed E-state index contributed by atoms with van der Waals surface area (Å²) in [5, 5.41) is 17.6. The van der Waals surface area contributed by atoms with Crippen LogP contribution in [0.3, 0.4) is 0 Å². The number of carbonyl (C=O) groups is 1. The maximum Gasteiger partial charge on any atom is 0.290 e. The van der Waals surface area contributed by atoms with Gasteiger partial charge in [0.2, 0.25) is 0 Å². The van der Waals surface area contributed by atoms with Crippen LogP contribution >= 0.6 is 0 Å². The molecule has 0 spiro atoms. The Balaban J connectivity index is 0.000000464. The lowest BCUT2D eigenvalue weighted by molar-refractivity contribution is -0.204. The predicted molar refractivity (Wildman–Crippen MR) is 137 cm³/mol. The van der Waals surface area contributed by atoms with Crippen LogP contribution in [0.2, 0.25) is 0 Å². The average Bonchev–Trinajstić information content (AvgIpc) is 3.14. The lowest BCUT2D eigenvalue weighted by atomic mass is 9.37. The molecule has 190 valence electrons. The molecule has 3 heteroatoms. The fourth-order valence-electron chi connectivity index (χ4n) is 10.4. The van der Waals surface area contributed by atoms with Crippen LogP contribution < -0.4 is 0 Å². The Labute approximate surface area is 203 Å². The van der Waals surface area contributed by atoms with Crippen molar-refractivity contribution in [1.82, 2.24) is 0 Å². The van der Waals surface area contributed by atoms with E-state index in [1.807, 2.05) is 6.92 Å². The van der Waals surface area contributed by atoms with Crippen molar-refractivity contribution in [3.63, 3.8) is 0 Å². The summed E-state index contributed by atoms with van der Waals surface area (Å²) < 4.78 is 0. The van der Waals surface area contributed by atoms with Gasteiger partial charge in [-0.25, -0.2) is 0 Å². The van der Waals surface area contributed by atoms with E-state index in [9.17, 15) is 5.11 Å². The second kappa shape index (κ2) is 9.67. The number of carboxylic acid groups (broad SMARTS) is 1. The van der Waals surface area contributed by atoms with Gasteiger partial charge < -0.3 is 10.2 Å². The molecule has 0 bridgehead atoms. The van der Waals surface area contributed by atoms with Crippen LogP contribution in [0.25, 0.3) is 0 Å². The molecule has 5 aliphatic rings. The quantitative estimate of drug-likeness (QED) is 0.287. The summed E-state index contributed by atoms with van der Waals surface area (Å²) in [6, 6.07) is 0. The zero-order valence-electron chi connectivity index (χ0n) is 22.4. The Morgan fingerprint density at radius 2 is 1.27 bits per heavy atom. The largest absolute Gasteiger partial charge is 0.483 e. The molecule has 0 aromatic carbocycles. The summed E-state index contributed by atoms with van der Waals surface area (Å²) in [5.41, 5.74) is 1.85. The van der Waals surface area contributed by atoms with E-state index in [-0.39, 0.29) is 18.0 Å². The number of hydrogen-bond donors (Lipinski definition) is 2. The van der Waals surface area contributed by atoms with Gasteiger partial charge in [0.05, 0.1) is 6.10 Å². The molecule has 0 amide bonds. The van der Waals surface area contributed by atoms with Crippen LogP contribution in [0.15, 0.2) is 12.7 Å². The lowest BCUT2D eigenvalue weighted by Crippen LogP contribution is -2.62. The van der Waals surface area contributed by atoms with Crippen molar-refractivity contribution in [2.24, 2.45) is 51.2 Å². The summed E-state index contributed by atoms with van der Waals surface area (Å²) in [6.45, 7) is 17.8. The topological polar surface area (TPSA) is 57.5 Å². The molecule has 0 aliphatic heterocycles. The Bertz CT molecular complexity index is 695. The number of aliphatic hydroxyl groups is 1. The van der Waals surface area contributed by atoms with Crippen molar-refractivity contribution < 1.29 is 15.0 Å². The second-order valence-electron chi connectivity index (χ2n) is 13.6. The molecular weight excluding hydrogens is 408 g/mol. The molecule has 5 fully saturated rings. The molecular formula is C30H52O3. The van der Waals surface area contributed by atoms with E-state index < -0.39 is 0 Å². The van der Waals surface area contributed by atoms with Gasteiger partial charge in [0.1, 0.15) is 0 Å². The van der Waals surface area contributed by atoms with Gasteiger partial charge in [-0.2, -0.15) is 0 Å². The third-order valence-electron chi connectivity index (χ3n) is 12.0. The van der Waals surface area contributed by atoms with Crippen LogP contribution in [-0.4, -0.2) is 22.8 Å². The van der Waals surface area contributed by atoms with Crippen molar-refractivity contribution in [1.29, 1.82) is 0 Å². The van der Waals surface area contributed by atoms with Crippen molar-refractivity contribution in [3.8, 4) is 0 Å². The molecule has 33 heavy (non-hydrogen) atoms. The first kappa shape index (κ1) is 26.8. The van der Waals surface area contributed by atoms with Gasteiger partial charge in [0.15, 0.2) is 0 Å². The molecule has 0 radical (unpaired) electrons. The van der Waals surface area contributed by atoms with Crippen LogP contribution in [0.5, 0.6) is 0 Å². The van der Waals surface area contributed by atoms with Crippen molar-refractivity contribution in [2.45, 2.75) is 118 Å². The van der Waals surface area contributed by atoms with Gasteiger partial charge in [-0.05, 0) is 122 Å². The minimum Gasteiger partial charge on any atom is -0.483 e. The Hall–Kier alpha value is -0.830. The Morgan fingerprint density at radius 3 is 1.88 bits per heavy atom. The molecule has 2 N–H and O–H groups in total.